The average molecular weight is 354 g/mol. The molecule has 2 heterocycles. The summed E-state index contributed by atoms with van der Waals surface area (Å²) in [6.07, 6.45) is -2.37. The topological polar surface area (TPSA) is 40.6 Å². The third kappa shape index (κ3) is 3.80. The zero-order chi connectivity index (χ0) is 18.2. The number of carbonyl (C=O) groups excluding carboxylic acids is 2. The molecule has 7 heteroatoms. The van der Waals surface area contributed by atoms with Crippen LogP contribution in [0.4, 0.5) is 18.9 Å². The van der Waals surface area contributed by atoms with E-state index >= 15 is 0 Å². The fourth-order valence-electron chi connectivity index (χ4n) is 3.62. The van der Waals surface area contributed by atoms with Gasteiger partial charge in [-0.05, 0) is 37.0 Å². The molecule has 0 bridgehead atoms. The predicted octanol–water partition coefficient (Wildman–Crippen LogP) is 3.32. The standard InChI is InChI=1S/C18H21F3N2O2/c1-12-4-3-7-22(10-12)17(25)13-8-16(24)23(11-13)15-6-2-5-14(9-15)18(19,20)21/h2,5-6,9,12-13H,3-4,7-8,10-11H2,1H3. The van der Waals surface area contributed by atoms with Crippen molar-refractivity contribution in [3.8, 4) is 0 Å². The molecule has 2 saturated heterocycles. The SMILES string of the molecule is CC1CCCN(C(=O)C2CC(=O)N(c3cccc(C(F)(F)F)c3)C2)C1. The largest absolute Gasteiger partial charge is 0.416 e. The van der Waals surface area contributed by atoms with Gasteiger partial charge in [0.05, 0.1) is 11.5 Å². The highest BCUT2D eigenvalue weighted by Crippen LogP contribution is 2.34. The Morgan fingerprint density at radius 2 is 2.00 bits per heavy atom. The molecule has 2 amide bonds. The van der Waals surface area contributed by atoms with Crippen molar-refractivity contribution >= 4 is 17.5 Å². The number of halogens is 3. The number of anilines is 1. The first-order chi connectivity index (χ1) is 11.8. The maximum atomic E-state index is 12.9. The highest BCUT2D eigenvalue weighted by molar-refractivity contribution is 6.00. The summed E-state index contributed by atoms with van der Waals surface area (Å²) >= 11 is 0. The van der Waals surface area contributed by atoms with E-state index in [1.807, 2.05) is 0 Å². The molecule has 1 aromatic rings. The minimum Gasteiger partial charge on any atom is -0.342 e. The first kappa shape index (κ1) is 17.8. The summed E-state index contributed by atoms with van der Waals surface area (Å²) < 4.78 is 38.6. The highest BCUT2D eigenvalue weighted by Gasteiger charge is 2.39. The van der Waals surface area contributed by atoms with E-state index in [0.717, 1.165) is 25.0 Å². The number of hydrogen-bond acceptors (Lipinski definition) is 2. The molecule has 2 fully saturated rings. The number of piperidine rings is 1. The van der Waals surface area contributed by atoms with Gasteiger partial charge in [-0.1, -0.05) is 13.0 Å². The van der Waals surface area contributed by atoms with Crippen LogP contribution in [0, 0.1) is 11.8 Å². The molecular formula is C18H21F3N2O2. The molecule has 0 N–H and O–H groups in total. The summed E-state index contributed by atoms with van der Waals surface area (Å²) in [6, 6.07) is 4.70. The fourth-order valence-corrected chi connectivity index (χ4v) is 3.62. The third-order valence-corrected chi connectivity index (χ3v) is 4.93. The Kier molecular flexibility index (Phi) is 4.75. The monoisotopic (exact) mass is 354 g/mol. The molecule has 2 aliphatic rings. The second-order valence-electron chi connectivity index (χ2n) is 6.99. The number of likely N-dealkylation sites (tertiary alicyclic amines) is 1. The van der Waals surface area contributed by atoms with Crippen molar-refractivity contribution in [3.63, 3.8) is 0 Å². The number of amides is 2. The molecule has 25 heavy (non-hydrogen) atoms. The summed E-state index contributed by atoms with van der Waals surface area (Å²) in [5, 5.41) is 0. The Bertz CT molecular complexity index is 675. The lowest BCUT2D eigenvalue weighted by atomic mass is 9.98. The molecule has 2 unspecified atom stereocenters. The van der Waals surface area contributed by atoms with Crippen molar-refractivity contribution in [3.05, 3.63) is 29.8 Å². The van der Waals surface area contributed by atoms with Crippen LogP contribution >= 0.6 is 0 Å². The molecule has 136 valence electrons. The van der Waals surface area contributed by atoms with Gasteiger partial charge in [-0.3, -0.25) is 9.59 Å². The van der Waals surface area contributed by atoms with Crippen molar-refractivity contribution < 1.29 is 22.8 Å². The lowest BCUT2D eigenvalue weighted by molar-refractivity contribution is -0.138. The minimum absolute atomic E-state index is 0.0555. The van der Waals surface area contributed by atoms with E-state index in [1.54, 1.807) is 4.90 Å². The average Bonchev–Trinajstić information content (AvgIpc) is 2.95. The zero-order valence-electron chi connectivity index (χ0n) is 14.1. The van der Waals surface area contributed by atoms with Crippen LogP contribution in [0.25, 0.3) is 0 Å². The number of carbonyl (C=O) groups is 2. The van der Waals surface area contributed by atoms with Crippen LogP contribution in [-0.4, -0.2) is 36.3 Å². The van der Waals surface area contributed by atoms with Gasteiger partial charge in [-0.15, -0.1) is 0 Å². The van der Waals surface area contributed by atoms with E-state index in [2.05, 4.69) is 6.92 Å². The van der Waals surface area contributed by atoms with E-state index in [-0.39, 0.29) is 30.5 Å². The molecule has 1 aromatic carbocycles. The number of nitrogens with zero attached hydrogens (tertiary/aromatic N) is 2. The summed E-state index contributed by atoms with van der Waals surface area (Å²) in [5.74, 6) is -0.404. The summed E-state index contributed by atoms with van der Waals surface area (Å²) in [6.45, 7) is 3.61. The van der Waals surface area contributed by atoms with E-state index < -0.39 is 17.7 Å². The Morgan fingerprint density at radius 3 is 2.68 bits per heavy atom. The molecule has 0 aliphatic carbocycles. The van der Waals surface area contributed by atoms with Gasteiger partial charge in [0.15, 0.2) is 0 Å². The summed E-state index contributed by atoms with van der Waals surface area (Å²) in [7, 11) is 0. The molecule has 2 aliphatic heterocycles. The summed E-state index contributed by atoms with van der Waals surface area (Å²) in [5.41, 5.74) is -0.598. The van der Waals surface area contributed by atoms with Crippen LogP contribution in [0.5, 0.6) is 0 Å². The van der Waals surface area contributed by atoms with Gasteiger partial charge in [0, 0.05) is 31.7 Å². The Balaban J connectivity index is 1.73. The van der Waals surface area contributed by atoms with Gasteiger partial charge in [-0.2, -0.15) is 13.2 Å². The van der Waals surface area contributed by atoms with Crippen LogP contribution in [0.15, 0.2) is 24.3 Å². The summed E-state index contributed by atoms with van der Waals surface area (Å²) in [4.78, 5) is 28.0. The molecule has 4 nitrogen and oxygen atoms in total. The third-order valence-electron chi connectivity index (χ3n) is 4.93. The van der Waals surface area contributed by atoms with Crippen molar-refractivity contribution in [2.45, 2.75) is 32.4 Å². The van der Waals surface area contributed by atoms with Gasteiger partial charge >= 0.3 is 6.18 Å². The highest BCUT2D eigenvalue weighted by atomic mass is 19.4. The molecule has 0 saturated carbocycles. The van der Waals surface area contributed by atoms with E-state index in [1.165, 1.54) is 17.0 Å². The molecule has 2 atom stereocenters. The molecular weight excluding hydrogens is 333 g/mol. The second kappa shape index (κ2) is 6.69. The zero-order valence-corrected chi connectivity index (χ0v) is 14.1. The van der Waals surface area contributed by atoms with Crippen LogP contribution < -0.4 is 4.90 Å². The van der Waals surface area contributed by atoms with E-state index in [4.69, 9.17) is 0 Å². The molecule has 0 spiro atoms. The maximum Gasteiger partial charge on any atom is 0.416 e. The van der Waals surface area contributed by atoms with Crippen molar-refractivity contribution in [1.29, 1.82) is 0 Å². The van der Waals surface area contributed by atoms with Gasteiger partial charge in [0.25, 0.3) is 0 Å². The van der Waals surface area contributed by atoms with Gasteiger partial charge in [-0.25, -0.2) is 0 Å². The molecule has 0 radical (unpaired) electrons. The normalized spacial score (nSPS) is 24.7. The van der Waals surface area contributed by atoms with Gasteiger partial charge < -0.3 is 9.80 Å². The smallest absolute Gasteiger partial charge is 0.342 e. The van der Waals surface area contributed by atoms with Crippen LogP contribution in [0.3, 0.4) is 0 Å². The minimum atomic E-state index is -4.46. The van der Waals surface area contributed by atoms with E-state index in [9.17, 15) is 22.8 Å². The lowest BCUT2D eigenvalue weighted by Crippen LogP contribution is -2.43. The Hall–Kier alpha value is -2.05. The van der Waals surface area contributed by atoms with Crippen molar-refractivity contribution in [1.82, 2.24) is 4.90 Å². The molecule has 3 rings (SSSR count). The second-order valence-corrected chi connectivity index (χ2v) is 6.99. The number of rotatable bonds is 2. The fraction of sp³-hybridized carbons (Fsp3) is 0.556. The van der Waals surface area contributed by atoms with Crippen LogP contribution in [-0.2, 0) is 15.8 Å². The quantitative estimate of drug-likeness (QED) is 0.818. The number of hydrogen-bond donors (Lipinski definition) is 0. The maximum absolute atomic E-state index is 12.9. The van der Waals surface area contributed by atoms with Crippen molar-refractivity contribution in [2.75, 3.05) is 24.5 Å². The Labute approximate surface area is 144 Å². The number of alkyl halides is 3. The number of benzene rings is 1. The Morgan fingerprint density at radius 1 is 1.24 bits per heavy atom. The van der Waals surface area contributed by atoms with Crippen molar-refractivity contribution in [2.24, 2.45) is 11.8 Å². The van der Waals surface area contributed by atoms with Crippen LogP contribution in [0.2, 0.25) is 0 Å². The van der Waals surface area contributed by atoms with Gasteiger partial charge in [0.2, 0.25) is 11.8 Å². The lowest BCUT2D eigenvalue weighted by Gasteiger charge is -2.32. The first-order valence-electron chi connectivity index (χ1n) is 8.52. The van der Waals surface area contributed by atoms with E-state index in [0.29, 0.717) is 19.0 Å². The van der Waals surface area contributed by atoms with Gasteiger partial charge in [0.1, 0.15) is 0 Å². The first-order valence-corrected chi connectivity index (χ1v) is 8.52. The molecule has 0 aromatic heterocycles. The predicted molar refractivity (Wildman–Crippen MR) is 86.9 cm³/mol. The van der Waals surface area contributed by atoms with Crippen LogP contribution in [0.1, 0.15) is 31.7 Å².